The summed E-state index contributed by atoms with van der Waals surface area (Å²) in [5.74, 6) is 0.824. The number of aromatic amines is 1. The molecule has 0 atom stereocenters. The first kappa shape index (κ1) is 17.2. The van der Waals surface area contributed by atoms with E-state index in [0.717, 1.165) is 33.7 Å². The number of nitrogens with one attached hydrogen (secondary N) is 1. The van der Waals surface area contributed by atoms with Gasteiger partial charge in [-0.25, -0.2) is 4.98 Å². The van der Waals surface area contributed by atoms with E-state index >= 15 is 0 Å². The second-order valence-electron chi connectivity index (χ2n) is 6.82. The molecular weight excluding hydrogens is 306 g/mol. The quantitative estimate of drug-likeness (QED) is 0.676. The summed E-state index contributed by atoms with van der Waals surface area (Å²) >= 11 is 0. The smallest absolute Gasteiger partial charge is 0.330 e. The van der Waals surface area contributed by atoms with Gasteiger partial charge in [-0.2, -0.15) is 0 Å². The molecule has 3 N–H and O–H groups in total. The SMILES string of the molecule is Cc1ccc(N)c(-c2nc(C(C)(C)C)c3ccccc3[nH+]2)c1.Cl. The van der Waals surface area contributed by atoms with Gasteiger partial charge < -0.3 is 5.73 Å². The van der Waals surface area contributed by atoms with Crippen molar-refractivity contribution in [3.8, 4) is 11.4 Å². The third kappa shape index (κ3) is 3.30. The predicted octanol–water partition coefficient (Wildman–Crippen LogP) is 4.33. The molecule has 2 aromatic carbocycles. The minimum atomic E-state index is -0.0396. The van der Waals surface area contributed by atoms with Gasteiger partial charge in [-0.3, -0.25) is 0 Å². The molecule has 1 aromatic heterocycles. The lowest BCUT2D eigenvalue weighted by molar-refractivity contribution is -0.335. The van der Waals surface area contributed by atoms with Gasteiger partial charge >= 0.3 is 5.82 Å². The van der Waals surface area contributed by atoms with Gasteiger partial charge in [0.2, 0.25) is 0 Å². The number of hydrogen-bond acceptors (Lipinski definition) is 2. The molecular formula is C19H23ClN3+. The summed E-state index contributed by atoms with van der Waals surface area (Å²) in [6.45, 7) is 8.62. The van der Waals surface area contributed by atoms with Gasteiger partial charge in [0.1, 0.15) is 5.52 Å². The maximum atomic E-state index is 6.16. The number of H-pyrrole nitrogens is 1. The van der Waals surface area contributed by atoms with Crippen LogP contribution in [0, 0.1) is 6.92 Å². The summed E-state index contributed by atoms with van der Waals surface area (Å²) in [5, 5.41) is 1.16. The number of anilines is 1. The second-order valence-corrected chi connectivity index (χ2v) is 6.82. The van der Waals surface area contributed by atoms with Crippen LogP contribution in [0.25, 0.3) is 22.3 Å². The first-order chi connectivity index (χ1) is 10.4. The highest BCUT2D eigenvalue weighted by atomic mass is 35.5. The number of aromatic nitrogens is 2. The van der Waals surface area contributed by atoms with Crippen LogP contribution in [0.3, 0.4) is 0 Å². The van der Waals surface area contributed by atoms with Crippen LogP contribution in [-0.4, -0.2) is 4.98 Å². The third-order valence-corrected chi connectivity index (χ3v) is 3.83. The lowest BCUT2D eigenvalue weighted by Gasteiger charge is -2.15. The average Bonchev–Trinajstić information content (AvgIpc) is 2.47. The van der Waals surface area contributed by atoms with E-state index in [1.54, 1.807) is 0 Å². The number of nitrogens with zero attached hydrogens (tertiary/aromatic N) is 1. The first-order valence-corrected chi connectivity index (χ1v) is 7.55. The number of nitrogens with two attached hydrogens (primary N) is 1. The largest absolute Gasteiger partial charge is 0.398 e. The van der Waals surface area contributed by atoms with Crippen LogP contribution in [0.2, 0.25) is 0 Å². The summed E-state index contributed by atoms with van der Waals surface area (Å²) in [5.41, 5.74) is 11.2. The molecule has 0 amide bonds. The molecule has 3 aromatic rings. The second kappa shape index (κ2) is 6.17. The number of nitrogen functional groups attached to an aromatic ring is 1. The van der Waals surface area contributed by atoms with E-state index in [9.17, 15) is 0 Å². The van der Waals surface area contributed by atoms with Crippen LogP contribution in [0.1, 0.15) is 32.0 Å². The lowest BCUT2D eigenvalue weighted by Crippen LogP contribution is -2.21. The zero-order valence-corrected chi connectivity index (χ0v) is 14.8. The van der Waals surface area contributed by atoms with Crippen LogP contribution in [0.15, 0.2) is 42.5 Å². The van der Waals surface area contributed by atoms with Gasteiger partial charge in [-0.05, 0) is 36.2 Å². The van der Waals surface area contributed by atoms with Gasteiger partial charge in [0.25, 0.3) is 0 Å². The minimum absolute atomic E-state index is 0. The van der Waals surface area contributed by atoms with E-state index in [0.29, 0.717) is 0 Å². The van der Waals surface area contributed by atoms with Gasteiger partial charge in [0.15, 0.2) is 5.69 Å². The monoisotopic (exact) mass is 328 g/mol. The number of aryl methyl sites for hydroxylation is 1. The van der Waals surface area contributed by atoms with Gasteiger partial charge in [-0.1, -0.05) is 44.5 Å². The van der Waals surface area contributed by atoms with Crippen molar-refractivity contribution in [1.29, 1.82) is 0 Å². The average molecular weight is 329 g/mol. The Bertz CT molecular complexity index is 851. The van der Waals surface area contributed by atoms with Crippen LogP contribution >= 0.6 is 12.4 Å². The molecule has 4 heteroatoms. The molecule has 3 nitrogen and oxygen atoms in total. The Morgan fingerprint density at radius 3 is 2.43 bits per heavy atom. The highest BCUT2D eigenvalue weighted by Crippen LogP contribution is 2.30. The maximum absolute atomic E-state index is 6.16. The van der Waals surface area contributed by atoms with Crippen LogP contribution in [0.5, 0.6) is 0 Å². The zero-order chi connectivity index (χ0) is 15.9. The fourth-order valence-corrected chi connectivity index (χ4v) is 2.70. The van der Waals surface area contributed by atoms with E-state index in [1.165, 1.54) is 5.56 Å². The molecule has 0 spiro atoms. The number of fused-ring (bicyclic) bond motifs is 1. The van der Waals surface area contributed by atoms with Crippen molar-refractivity contribution in [2.45, 2.75) is 33.1 Å². The molecule has 1 heterocycles. The van der Waals surface area contributed by atoms with Crippen molar-refractivity contribution >= 4 is 29.0 Å². The molecule has 0 saturated heterocycles. The molecule has 0 unspecified atom stereocenters. The van der Waals surface area contributed by atoms with E-state index in [2.05, 4.69) is 50.9 Å². The summed E-state index contributed by atoms with van der Waals surface area (Å²) in [7, 11) is 0. The van der Waals surface area contributed by atoms with Crippen molar-refractivity contribution in [2.75, 3.05) is 5.73 Å². The highest BCUT2D eigenvalue weighted by Gasteiger charge is 2.27. The van der Waals surface area contributed by atoms with E-state index in [4.69, 9.17) is 10.7 Å². The van der Waals surface area contributed by atoms with Crippen molar-refractivity contribution in [3.05, 3.63) is 53.7 Å². The van der Waals surface area contributed by atoms with Gasteiger partial charge in [0, 0.05) is 11.1 Å². The van der Waals surface area contributed by atoms with Crippen LogP contribution in [-0.2, 0) is 5.41 Å². The molecule has 120 valence electrons. The molecule has 0 bridgehead atoms. The molecule has 0 aliphatic carbocycles. The number of para-hydroxylation sites is 1. The Hall–Kier alpha value is -2.13. The van der Waals surface area contributed by atoms with E-state index in [1.807, 2.05) is 24.3 Å². The lowest BCUT2D eigenvalue weighted by atomic mass is 9.89. The summed E-state index contributed by atoms with van der Waals surface area (Å²) < 4.78 is 0. The Morgan fingerprint density at radius 2 is 1.74 bits per heavy atom. The number of halogens is 1. The topological polar surface area (TPSA) is 53.0 Å². The van der Waals surface area contributed by atoms with Crippen LogP contribution in [0.4, 0.5) is 5.69 Å². The van der Waals surface area contributed by atoms with Gasteiger partial charge in [-0.15, -0.1) is 12.4 Å². The summed E-state index contributed by atoms with van der Waals surface area (Å²) in [6.07, 6.45) is 0. The highest BCUT2D eigenvalue weighted by molar-refractivity contribution is 5.85. The molecule has 0 aliphatic heterocycles. The normalized spacial score (nSPS) is 11.3. The Kier molecular flexibility index (Phi) is 4.62. The number of hydrogen-bond donors (Lipinski definition) is 1. The Morgan fingerprint density at radius 1 is 1.04 bits per heavy atom. The standard InChI is InChI=1S/C19H21N3.ClH/c1-12-9-10-15(20)14(11-12)18-21-16-8-6-5-7-13(16)17(22-18)19(2,3)4;/h5-11H,20H2,1-4H3;1H/p+1. The number of benzene rings is 2. The maximum Gasteiger partial charge on any atom is 0.330 e. The van der Waals surface area contributed by atoms with E-state index in [-0.39, 0.29) is 17.8 Å². The summed E-state index contributed by atoms with van der Waals surface area (Å²) in [4.78, 5) is 8.34. The molecule has 0 aliphatic rings. The first-order valence-electron chi connectivity index (χ1n) is 7.55. The van der Waals surface area contributed by atoms with E-state index < -0.39 is 0 Å². The van der Waals surface area contributed by atoms with Crippen molar-refractivity contribution < 1.29 is 4.98 Å². The Balaban J connectivity index is 0.00000192. The summed E-state index contributed by atoms with van der Waals surface area (Å²) in [6, 6.07) is 14.3. The molecule has 0 fully saturated rings. The Labute approximate surface area is 143 Å². The number of rotatable bonds is 1. The fraction of sp³-hybridized carbons (Fsp3) is 0.263. The minimum Gasteiger partial charge on any atom is -0.398 e. The predicted molar refractivity (Wildman–Crippen MR) is 98.8 cm³/mol. The fourth-order valence-electron chi connectivity index (χ4n) is 2.70. The van der Waals surface area contributed by atoms with Crippen molar-refractivity contribution in [3.63, 3.8) is 0 Å². The van der Waals surface area contributed by atoms with Crippen molar-refractivity contribution in [1.82, 2.24) is 4.98 Å². The molecule has 23 heavy (non-hydrogen) atoms. The van der Waals surface area contributed by atoms with Gasteiger partial charge in [0.05, 0.1) is 10.9 Å². The molecule has 3 rings (SSSR count). The zero-order valence-electron chi connectivity index (χ0n) is 14.0. The molecule has 0 saturated carbocycles. The molecule has 0 radical (unpaired) electrons. The van der Waals surface area contributed by atoms with Crippen LogP contribution < -0.4 is 10.7 Å². The third-order valence-electron chi connectivity index (χ3n) is 3.83. The van der Waals surface area contributed by atoms with Crippen molar-refractivity contribution in [2.24, 2.45) is 0 Å².